The monoisotopic (exact) mass is 188 g/mol. The van der Waals surface area contributed by atoms with Crippen molar-refractivity contribution in [3.8, 4) is 0 Å². The van der Waals surface area contributed by atoms with Crippen molar-refractivity contribution in [2.75, 3.05) is 13.2 Å². The van der Waals surface area contributed by atoms with Crippen molar-refractivity contribution in [2.24, 2.45) is 11.3 Å². The molecule has 0 aromatic carbocycles. The highest BCUT2D eigenvalue weighted by atomic mass is 16.7. The van der Waals surface area contributed by atoms with Gasteiger partial charge in [0, 0.05) is 5.41 Å². The molecule has 1 heterocycles. The minimum Gasteiger partial charge on any atom is -0.481 e. The Labute approximate surface area is 77.8 Å². The minimum absolute atomic E-state index is 0.0938. The number of hydrogen-bond donors (Lipinski definition) is 1. The molecule has 1 saturated heterocycles. The minimum atomic E-state index is -0.854. The normalized spacial score (nSPS) is 30.1. The van der Waals surface area contributed by atoms with Gasteiger partial charge in [0.1, 0.15) is 5.92 Å². The summed E-state index contributed by atoms with van der Waals surface area (Å²) in [5.74, 6) is -1.37. The molecule has 0 aromatic rings. The van der Waals surface area contributed by atoms with Gasteiger partial charge in [-0.2, -0.15) is 0 Å². The lowest BCUT2D eigenvalue weighted by atomic mass is 9.95. The number of hydrogen-bond acceptors (Lipinski definition) is 3. The summed E-state index contributed by atoms with van der Waals surface area (Å²) in [7, 11) is 0. The van der Waals surface area contributed by atoms with E-state index in [2.05, 4.69) is 0 Å². The number of carboxylic acids is 1. The van der Waals surface area contributed by atoms with Crippen LogP contribution in [0.15, 0.2) is 0 Å². The van der Waals surface area contributed by atoms with Gasteiger partial charge in [-0.25, -0.2) is 0 Å². The van der Waals surface area contributed by atoms with E-state index < -0.39 is 11.9 Å². The van der Waals surface area contributed by atoms with Crippen LogP contribution in [-0.4, -0.2) is 30.6 Å². The van der Waals surface area contributed by atoms with Gasteiger partial charge in [-0.1, -0.05) is 20.8 Å². The SMILES string of the molecule is CC(C)(C)C1OCC(C(=O)O)CO1. The van der Waals surface area contributed by atoms with Crippen molar-refractivity contribution in [1.82, 2.24) is 0 Å². The molecule has 4 nitrogen and oxygen atoms in total. The van der Waals surface area contributed by atoms with E-state index in [1.807, 2.05) is 20.8 Å². The summed E-state index contributed by atoms with van der Waals surface area (Å²) in [6.45, 7) is 6.49. The number of carbonyl (C=O) groups is 1. The highest BCUT2D eigenvalue weighted by Gasteiger charge is 2.33. The first-order chi connectivity index (χ1) is 5.91. The summed E-state index contributed by atoms with van der Waals surface area (Å²) in [4.78, 5) is 10.6. The van der Waals surface area contributed by atoms with Crippen LogP contribution in [-0.2, 0) is 14.3 Å². The second-order valence-electron chi connectivity index (χ2n) is 4.40. The van der Waals surface area contributed by atoms with Gasteiger partial charge >= 0.3 is 5.97 Å². The van der Waals surface area contributed by atoms with E-state index >= 15 is 0 Å². The van der Waals surface area contributed by atoms with E-state index in [4.69, 9.17) is 14.6 Å². The fourth-order valence-corrected chi connectivity index (χ4v) is 1.15. The Balaban J connectivity index is 2.44. The zero-order valence-corrected chi connectivity index (χ0v) is 8.24. The second-order valence-corrected chi connectivity index (χ2v) is 4.40. The number of carboxylic acid groups (broad SMARTS) is 1. The van der Waals surface area contributed by atoms with Gasteiger partial charge in [0.15, 0.2) is 6.29 Å². The summed E-state index contributed by atoms with van der Waals surface area (Å²) in [6.07, 6.45) is -0.289. The van der Waals surface area contributed by atoms with E-state index in [1.54, 1.807) is 0 Å². The van der Waals surface area contributed by atoms with Gasteiger partial charge in [-0.3, -0.25) is 4.79 Å². The van der Waals surface area contributed by atoms with Crippen molar-refractivity contribution in [3.63, 3.8) is 0 Å². The number of aliphatic carboxylic acids is 1. The molecular weight excluding hydrogens is 172 g/mol. The Morgan fingerprint density at radius 3 is 2.08 bits per heavy atom. The molecule has 13 heavy (non-hydrogen) atoms. The Hall–Kier alpha value is -0.610. The summed E-state index contributed by atoms with van der Waals surface area (Å²) in [5.41, 5.74) is -0.0938. The Morgan fingerprint density at radius 1 is 1.31 bits per heavy atom. The first-order valence-corrected chi connectivity index (χ1v) is 4.37. The van der Waals surface area contributed by atoms with Crippen LogP contribution in [0.5, 0.6) is 0 Å². The van der Waals surface area contributed by atoms with Gasteiger partial charge < -0.3 is 14.6 Å². The quantitative estimate of drug-likeness (QED) is 0.669. The Kier molecular flexibility index (Phi) is 2.93. The molecule has 0 aromatic heterocycles. The third-order valence-electron chi connectivity index (χ3n) is 1.95. The van der Waals surface area contributed by atoms with Gasteiger partial charge in [0.2, 0.25) is 0 Å². The van der Waals surface area contributed by atoms with Crippen LogP contribution in [0.1, 0.15) is 20.8 Å². The third kappa shape index (κ3) is 2.67. The van der Waals surface area contributed by atoms with Crippen LogP contribution in [0, 0.1) is 11.3 Å². The molecule has 76 valence electrons. The smallest absolute Gasteiger partial charge is 0.311 e. The molecule has 4 heteroatoms. The fraction of sp³-hybridized carbons (Fsp3) is 0.889. The van der Waals surface area contributed by atoms with Crippen LogP contribution >= 0.6 is 0 Å². The highest BCUT2D eigenvalue weighted by molar-refractivity contribution is 5.70. The summed E-state index contributed by atoms with van der Waals surface area (Å²) < 4.78 is 10.6. The molecule has 0 atom stereocenters. The molecule has 0 amide bonds. The van der Waals surface area contributed by atoms with Crippen molar-refractivity contribution < 1.29 is 19.4 Å². The molecule has 0 bridgehead atoms. The summed E-state index contributed by atoms with van der Waals surface area (Å²) in [5, 5.41) is 8.67. The standard InChI is InChI=1S/C9H16O4/c1-9(2,3)8-12-4-6(5-13-8)7(10)11/h6,8H,4-5H2,1-3H3,(H,10,11). The zero-order chi connectivity index (χ0) is 10.1. The summed E-state index contributed by atoms with van der Waals surface area (Å²) >= 11 is 0. The largest absolute Gasteiger partial charge is 0.481 e. The number of ether oxygens (including phenoxy) is 2. The predicted octanol–water partition coefficient (Wildman–Crippen LogP) is 1.11. The molecule has 1 N–H and O–H groups in total. The molecule has 1 aliphatic rings. The third-order valence-corrected chi connectivity index (χ3v) is 1.95. The molecule has 0 aliphatic carbocycles. The average Bonchev–Trinajstić information content (AvgIpc) is 2.03. The van der Waals surface area contributed by atoms with Crippen LogP contribution in [0.2, 0.25) is 0 Å². The maximum absolute atomic E-state index is 10.6. The average molecular weight is 188 g/mol. The first kappa shape index (κ1) is 10.5. The predicted molar refractivity (Wildman–Crippen MR) is 46.3 cm³/mol. The maximum Gasteiger partial charge on any atom is 0.311 e. The van der Waals surface area contributed by atoms with E-state index in [0.29, 0.717) is 0 Å². The van der Waals surface area contributed by atoms with Gasteiger partial charge in [-0.15, -0.1) is 0 Å². The lowest BCUT2D eigenvalue weighted by Crippen LogP contribution is -2.42. The topological polar surface area (TPSA) is 55.8 Å². The van der Waals surface area contributed by atoms with Gasteiger partial charge in [0.05, 0.1) is 13.2 Å². The van der Waals surface area contributed by atoms with E-state index in [9.17, 15) is 4.79 Å². The Bertz CT molecular complexity index is 186. The van der Waals surface area contributed by atoms with Crippen LogP contribution in [0.25, 0.3) is 0 Å². The molecule has 0 saturated carbocycles. The summed E-state index contributed by atoms with van der Waals surface area (Å²) in [6, 6.07) is 0. The lowest BCUT2D eigenvalue weighted by Gasteiger charge is -2.35. The van der Waals surface area contributed by atoms with Crippen LogP contribution < -0.4 is 0 Å². The van der Waals surface area contributed by atoms with Crippen molar-refractivity contribution >= 4 is 5.97 Å². The second kappa shape index (κ2) is 3.64. The molecule has 0 spiro atoms. The van der Waals surface area contributed by atoms with E-state index in [1.165, 1.54) is 0 Å². The molecule has 1 aliphatic heterocycles. The van der Waals surface area contributed by atoms with Gasteiger partial charge in [0.25, 0.3) is 0 Å². The lowest BCUT2D eigenvalue weighted by molar-refractivity contribution is -0.243. The highest BCUT2D eigenvalue weighted by Crippen LogP contribution is 2.27. The van der Waals surface area contributed by atoms with E-state index in [-0.39, 0.29) is 24.9 Å². The fourth-order valence-electron chi connectivity index (χ4n) is 1.15. The van der Waals surface area contributed by atoms with Crippen LogP contribution in [0.3, 0.4) is 0 Å². The van der Waals surface area contributed by atoms with Crippen LogP contribution in [0.4, 0.5) is 0 Å². The van der Waals surface area contributed by atoms with Crippen molar-refractivity contribution in [1.29, 1.82) is 0 Å². The molecule has 0 unspecified atom stereocenters. The number of rotatable bonds is 1. The van der Waals surface area contributed by atoms with Crippen molar-refractivity contribution in [3.05, 3.63) is 0 Å². The molecule has 0 radical (unpaired) electrons. The molecule has 1 fully saturated rings. The van der Waals surface area contributed by atoms with Crippen molar-refractivity contribution in [2.45, 2.75) is 27.1 Å². The van der Waals surface area contributed by atoms with Gasteiger partial charge in [-0.05, 0) is 0 Å². The maximum atomic E-state index is 10.6. The first-order valence-electron chi connectivity index (χ1n) is 4.37. The molecule has 1 rings (SSSR count). The Morgan fingerprint density at radius 2 is 1.77 bits per heavy atom. The zero-order valence-electron chi connectivity index (χ0n) is 8.24. The molecular formula is C9H16O4. The van der Waals surface area contributed by atoms with E-state index in [0.717, 1.165) is 0 Å².